The zero-order chi connectivity index (χ0) is 21.7. The average Bonchev–Trinajstić information content (AvgIpc) is 2.62. The molecule has 1 amide bonds. The van der Waals surface area contributed by atoms with Gasteiger partial charge < -0.3 is 15.1 Å². The number of anilines is 1. The van der Waals surface area contributed by atoms with Gasteiger partial charge in [-0.3, -0.25) is 4.79 Å². The Hall–Kier alpha value is -1.98. The fraction of sp³-hybridized carbons (Fsp3) is 0.458. The Morgan fingerprint density at radius 3 is 2.03 bits per heavy atom. The predicted molar refractivity (Wildman–Crippen MR) is 120 cm³/mol. The number of aliphatic hydroxyl groups is 1. The summed E-state index contributed by atoms with van der Waals surface area (Å²) >= 11 is 1.40. The van der Waals surface area contributed by atoms with Crippen molar-refractivity contribution in [3.05, 3.63) is 53.1 Å². The van der Waals surface area contributed by atoms with Crippen molar-refractivity contribution in [2.24, 2.45) is 0 Å². The number of rotatable bonds is 2. The first-order valence-corrected chi connectivity index (χ1v) is 10.8. The van der Waals surface area contributed by atoms with Gasteiger partial charge in [-0.15, -0.1) is 11.8 Å². The van der Waals surface area contributed by atoms with E-state index in [1.165, 1.54) is 11.8 Å². The number of amides is 1. The van der Waals surface area contributed by atoms with Crippen LogP contribution < -0.4 is 4.90 Å². The molecule has 0 aromatic heterocycles. The second-order valence-corrected chi connectivity index (χ2v) is 11.0. The number of aromatic hydroxyl groups is 1. The van der Waals surface area contributed by atoms with Crippen LogP contribution in [0.15, 0.2) is 41.3 Å². The van der Waals surface area contributed by atoms with Gasteiger partial charge in [0, 0.05) is 11.9 Å². The number of benzene rings is 2. The maximum atomic E-state index is 13.0. The molecule has 0 fully saturated rings. The molecule has 5 heteroatoms. The standard InChI is InChI=1S/C24H31NO3S/c1-23(2,3)15-12-14(13-16(20(15)27)24(4,5)6)19(26)21-22(28)25(7)17-10-8-9-11-18(17)29-21/h8-13,19,21,26-27H,1-7H3. The van der Waals surface area contributed by atoms with Crippen molar-refractivity contribution in [1.29, 1.82) is 0 Å². The van der Waals surface area contributed by atoms with Crippen LogP contribution in [0.1, 0.15) is 64.3 Å². The smallest absolute Gasteiger partial charge is 0.243 e. The summed E-state index contributed by atoms with van der Waals surface area (Å²) in [5.74, 6) is 0.148. The largest absolute Gasteiger partial charge is 0.507 e. The average molecular weight is 414 g/mol. The van der Waals surface area contributed by atoms with E-state index < -0.39 is 11.4 Å². The SMILES string of the molecule is CN1C(=O)C(C(O)c2cc(C(C)(C)C)c(O)c(C(C)(C)C)c2)Sc2ccccc21. The van der Waals surface area contributed by atoms with Crippen molar-refractivity contribution in [2.75, 3.05) is 11.9 Å². The van der Waals surface area contributed by atoms with Crippen molar-refractivity contribution in [3.63, 3.8) is 0 Å². The number of aliphatic hydroxyl groups excluding tert-OH is 1. The molecule has 0 radical (unpaired) electrons. The minimum Gasteiger partial charge on any atom is -0.507 e. The van der Waals surface area contributed by atoms with Gasteiger partial charge in [0.25, 0.3) is 0 Å². The highest BCUT2D eigenvalue weighted by Gasteiger charge is 2.38. The molecule has 1 aliphatic rings. The summed E-state index contributed by atoms with van der Waals surface area (Å²) in [6, 6.07) is 11.4. The maximum absolute atomic E-state index is 13.0. The Morgan fingerprint density at radius 2 is 1.52 bits per heavy atom. The van der Waals surface area contributed by atoms with Crippen LogP contribution >= 0.6 is 11.8 Å². The van der Waals surface area contributed by atoms with Gasteiger partial charge in [0.1, 0.15) is 17.1 Å². The molecule has 0 aliphatic carbocycles. The molecule has 0 saturated heterocycles. The number of hydrogen-bond acceptors (Lipinski definition) is 4. The van der Waals surface area contributed by atoms with E-state index in [0.29, 0.717) is 5.56 Å². The van der Waals surface area contributed by atoms with Crippen LogP contribution in [0, 0.1) is 0 Å². The number of carbonyl (C=O) groups excluding carboxylic acids is 1. The van der Waals surface area contributed by atoms with Crippen LogP contribution in [0.3, 0.4) is 0 Å². The molecule has 4 nitrogen and oxygen atoms in total. The molecular formula is C24H31NO3S. The molecule has 29 heavy (non-hydrogen) atoms. The third-order valence-electron chi connectivity index (χ3n) is 5.43. The first kappa shape index (κ1) is 21.7. The topological polar surface area (TPSA) is 60.8 Å². The lowest BCUT2D eigenvalue weighted by atomic mass is 9.77. The summed E-state index contributed by atoms with van der Waals surface area (Å²) in [5.41, 5.74) is 2.49. The van der Waals surface area contributed by atoms with Crippen molar-refractivity contribution in [1.82, 2.24) is 0 Å². The van der Waals surface area contributed by atoms with Crippen LogP contribution in [0.4, 0.5) is 5.69 Å². The highest BCUT2D eigenvalue weighted by Crippen LogP contribution is 2.45. The van der Waals surface area contributed by atoms with E-state index in [1.54, 1.807) is 11.9 Å². The monoisotopic (exact) mass is 413 g/mol. The van der Waals surface area contributed by atoms with E-state index in [-0.39, 0.29) is 22.5 Å². The number of thioether (sulfide) groups is 1. The molecular weight excluding hydrogens is 382 g/mol. The Labute approximate surface area is 177 Å². The van der Waals surface area contributed by atoms with Gasteiger partial charge in [-0.2, -0.15) is 0 Å². The second-order valence-electron chi connectivity index (χ2n) is 9.81. The third-order valence-corrected chi connectivity index (χ3v) is 6.74. The van der Waals surface area contributed by atoms with Crippen LogP contribution in [0.25, 0.3) is 0 Å². The number of hydrogen-bond donors (Lipinski definition) is 2. The predicted octanol–water partition coefficient (Wildman–Crippen LogP) is 5.16. The number of carbonyl (C=O) groups is 1. The van der Waals surface area contributed by atoms with Gasteiger partial charge in [0.05, 0.1) is 5.69 Å². The van der Waals surface area contributed by atoms with Crippen LogP contribution in [-0.4, -0.2) is 28.4 Å². The highest BCUT2D eigenvalue weighted by atomic mass is 32.2. The molecule has 1 heterocycles. The second kappa shape index (κ2) is 7.37. The molecule has 2 N–H and O–H groups in total. The fourth-order valence-electron chi connectivity index (χ4n) is 3.68. The minimum absolute atomic E-state index is 0.121. The van der Waals surface area contributed by atoms with Gasteiger partial charge in [-0.05, 0) is 51.8 Å². The zero-order valence-corrected chi connectivity index (χ0v) is 19.1. The van der Waals surface area contributed by atoms with Gasteiger partial charge in [0.15, 0.2) is 0 Å². The molecule has 0 bridgehead atoms. The first-order valence-electron chi connectivity index (χ1n) is 9.91. The molecule has 2 atom stereocenters. The highest BCUT2D eigenvalue weighted by molar-refractivity contribution is 8.01. The molecule has 0 spiro atoms. The van der Waals surface area contributed by atoms with Crippen molar-refractivity contribution in [2.45, 2.75) is 68.6 Å². The third kappa shape index (κ3) is 4.03. The number of phenolic OH excluding ortho intramolecular Hbond substituents is 1. The van der Waals surface area contributed by atoms with E-state index in [2.05, 4.69) is 0 Å². The van der Waals surface area contributed by atoms with Gasteiger partial charge in [-0.1, -0.05) is 53.7 Å². The Bertz CT molecular complexity index is 905. The Morgan fingerprint density at radius 1 is 1.00 bits per heavy atom. The molecule has 1 aliphatic heterocycles. The quantitative estimate of drug-likeness (QED) is 0.714. The molecule has 2 unspecified atom stereocenters. The van der Waals surface area contributed by atoms with E-state index in [9.17, 15) is 15.0 Å². The molecule has 2 aromatic rings. The number of phenols is 1. The van der Waals surface area contributed by atoms with E-state index in [1.807, 2.05) is 77.9 Å². The van der Waals surface area contributed by atoms with E-state index >= 15 is 0 Å². The van der Waals surface area contributed by atoms with Crippen LogP contribution in [0.2, 0.25) is 0 Å². The zero-order valence-electron chi connectivity index (χ0n) is 18.3. The fourth-order valence-corrected chi connectivity index (χ4v) is 4.98. The number of nitrogens with zero attached hydrogens (tertiary/aromatic N) is 1. The molecule has 3 rings (SSSR count). The summed E-state index contributed by atoms with van der Waals surface area (Å²) in [7, 11) is 1.75. The summed E-state index contributed by atoms with van der Waals surface area (Å²) in [5, 5.41) is 21.6. The molecule has 0 saturated carbocycles. The Kier molecular flexibility index (Phi) is 5.52. The summed E-state index contributed by atoms with van der Waals surface area (Å²) < 4.78 is 0. The Balaban J connectivity index is 2.10. The van der Waals surface area contributed by atoms with E-state index in [4.69, 9.17) is 0 Å². The molecule has 156 valence electrons. The van der Waals surface area contributed by atoms with Gasteiger partial charge in [0.2, 0.25) is 5.91 Å². The summed E-state index contributed by atoms with van der Waals surface area (Å²) in [6.07, 6.45) is -0.980. The van der Waals surface area contributed by atoms with Gasteiger partial charge in [-0.25, -0.2) is 0 Å². The van der Waals surface area contributed by atoms with Crippen LogP contribution in [0.5, 0.6) is 5.75 Å². The van der Waals surface area contributed by atoms with Crippen molar-refractivity contribution >= 4 is 23.4 Å². The number of para-hydroxylation sites is 1. The summed E-state index contributed by atoms with van der Waals surface area (Å²) in [4.78, 5) is 15.6. The van der Waals surface area contributed by atoms with Crippen molar-refractivity contribution < 1.29 is 15.0 Å². The number of fused-ring (bicyclic) bond motifs is 1. The minimum atomic E-state index is -0.980. The van der Waals surface area contributed by atoms with Crippen LogP contribution in [-0.2, 0) is 15.6 Å². The maximum Gasteiger partial charge on any atom is 0.243 e. The molecule has 2 aromatic carbocycles. The normalized spacial score (nSPS) is 18.6. The van der Waals surface area contributed by atoms with E-state index in [0.717, 1.165) is 21.7 Å². The summed E-state index contributed by atoms with van der Waals surface area (Å²) in [6.45, 7) is 12.2. The lowest BCUT2D eigenvalue weighted by molar-refractivity contribution is -0.119. The lowest BCUT2D eigenvalue weighted by Gasteiger charge is -2.34. The van der Waals surface area contributed by atoms with Gasteiger partial charge >= 0.3 is 0 Å². The van der Waals surface area contributed by atoms with Crippen molar-refractivity contribution in [3.8, 4) is 5.75 Å². The first-order chi connectivity index (χ1) is 13.3. The lowest BCUT2D eigenvalue weighted by Crippen LogP contribution is -2.41.